The van der Waals surface area contributed by atoms with Crippen LogP contribution in [0.4, 0.5) is 0 Å². The second-order valence-corrected chi connectivity index (χ2v) is 9.26. The van der Waals surface area contributed by atoms with Gasteiger partial charge in [-0.2, -0.15) is 0 Å². The van der Waals surface area contributed by atoms with Gasteiger partial charge in [-0.1, -0.05) is 25.4 Å². The molecule has 4 aliphatic rings. The molecule has 2 N–H and O–H groups in total. The molecule has 4 rings (SSSR count). The monoisotopic (exact) mass is 324 g/mol. The number of aliphatic hydroxyl groups excluding tert-OH is 2. The molecule has 0 spiro atoms. The second-order valence-electron chi connectivity index (χ2n) is 8.85. The summed E-state index contributed by atoms with van der Waals surface area (Å²) in [5.41, 5.74) is 1.70. The molecule has 0 aliphatic heterocycles. The van der Waals surface area contributed by atoms with Crippen molar-refractivity contribution in [2.75, 3.05) is 0 Å². The highest BCUT2D eigenvalue weighted by Crippen LogP contribution is 2.66. The molecule has 3 heteroatoms. The van der Waals surface area contributed by atoms with E-state index in [2.05, 4.69) is 13.8 Å². The van der Waals surface area contributed by atoms with Crippen molar-refractivity contribution in [3.8, 4) is 0 Å². The fraction of sp³-hybridized carbons (Fsp3) is 0.895. The number of rotatable bonds is 0. The molecule has 0 radical (unpaired) electrons. The number of aliphatic hydroxyl groups is 2. The Labute approximate surface area is 138 Å². The lowest BCUT2D eigenvalue weighted by Crippen LogP contribution is -2.51. The normalized spacial score (nSPS) is 54.7. The Hall–Kier alpha value is -0.0500. The van der Waals surface area contributed by atoms with E-state index in [4.69, 9.17) is 11.6 Å². The van der Waals surface area contributed by atoms with Gasteiger partial charge in [0.1, 0.15) is 0 Å². The van der Waals surface area contributed by atoms with E-state index in [1.807, 2.05) is 0 Å². The molecule has 7 atom stereocenters. The van der Waals surface area contributed by atoms with Gasteiger partial charge in [0.05, 0.1) is 12.2 Å². The highest BCUT2D eigenvalue weighted by Gasteiger charge is 2.59. The van der Waals surface area contributed by atoms with E-state index in [1.165, 1.54) is 24.8 Å². The molecule has 0 heterocycles. The van der Waals surface area contributed by atoms with Gasteiger partial charge < -0.3 is 10.2 Å². The molecule has 3 fully saturated rings. The van der Waals surface area contributed by atoms with E-state index in [1.54, 1.807) is 0 Å². The third-order valence-corrected chi connectivity index (χ3v) is 8.62. The van der Waals surface area contributed by atoms with Gasteiger partial charge in [-0.05, 0) is 85.5 Å². The number of hydrogen-bond donors (Lipinski definition) is 2. The summed E-state index contributed by atoms with van der Waals surface area (Å²) in [5, 5.41) is 21.4. The third kappa shape index (κ3) is 1.87. The van der Waals surface area contributed by atoms with Crippen LogP contribution in [-0.2, 0) is 0 Å². The first kappa shape index (κ1) is 15.5. The summed E-state index contributed by atoms with van der Waals surface area (Å²) in [6.45, 7) is 4.73. The first-order valence-electron chi connectivity index (χ1n) is 9.13. The summed E-state index contributed by atoms with van der Waals surface area (Å²) in [6, 6.07) is 0. The van der Waals surface area contributed by atoms with Crippen LogP contribution in [0.3, 0.4) is 0 Å². The largest absolute Gasteiger partial charge is 0.393 e. The highest BCUT2D eigenvalue weighted by atomic mass is 35.5. The molecular weight excluding hydrogens is 296 g/mol. The van der Waals surface area contributed by atoms with Gasteiger partial charge in [0, 0.05) is 5.03 Å². The Morgan fingerprint density at radius 2 is 1.73 bits per heavy atom. The lowest BCUT2D eigenvalue weighted by Gasteiger charge is -2.58. The molecule has 124 valence electrons. The van der Waals surface area contributed by atoms with E-state index < -0.39 is 6.10 Å². The molecule has 0 saturated heterocycles. The Morgan fingerprint density at radius 1 is 0.955 bits per heavy atom. The smallest absolute Gasteiger partial charge is 0.0895 e. The van der Waals surface area contributed by atoms with Crippen molar-refractivity contribution in [2.45, 2.75) is 77.4 Å². The van der Waals surface area contributed by atoms with Crippen LogP contribution in [0.5, 0.6) is 0 Å². The summed E-state index contributed by atoms with van der Waals surface area (Å²) in [4.78, 5) is 0. The molecule has 0 aromatic rings. The molecule has 2 unspecified atom stereocenters. The first-order chi connectivity index (χ1) is 10.4. The van der Waals surface area contributed by atoms with Gasteiger partial charge in [0.2, 0.25) is 0 Å². The summed E-state index contributed by atoms with van der Waals surface area (Å²) in [7, 11) is 0. The summed E-state index contributed by atoms with van der Waals surface area (Å²) in [6.07, 6.45) is 8.18. The first-order valence-corrected chi connectivity index (χ1v) is 9.51. The van der Waals surface area contributed by atoms with Crippen molar-refractivity contribution in [3.63, 3.8) is 0 Å². The third-order valence-electron chi connectivity index (χ3n) is 8.14. The minimum Gasteiger partial charge on any atom is -0.393 e. The number of fused-ring (bicyclic) bond motifs is 5. The minimum atomic E-state index is -0.427. The van der Waals surface area contributed by atoms with Crippen molar-refractivity contribution in [1.82, 2.24) is 0 Å². The zero-order chi connectivity index (χ0) is 15.7. The topological polar surface area (TPSA) is 40.5 Å². The van der Waals surface area contributed by atoms with E-state index in [0.717, 1.165) is 43.1 Å². The maximum Gasteiger partial charge on any atom is 0.0895 e. The molecular formula is C19H29ClO2. The van der Waals surface area contributed by atoms with Crippen molar-refractivity contribution in [2.24, 2.45) is 28.6 Å². The van der Waals surface area contributed by atoms with Crippen molar-refractivity contribution < 1.29 is 10.2 Å². The number of allylic oxidation sites excluding steroid dienone is 1. The van der Waals surface area contributed by atoms with Crippen LogP contribution in [0.1, 0.15) is 65.2 Å². The average molecular weight is 325 g/mol. The maximum atomic E-state index is 10.5. The zero-order valence-electron chi connectivity index (χ0n) is 13.8. The van der Waals surface area contributed by atoms with E-state index in [0.29, 0.717) is 11.8 Å². The average Bonchev–Trinajstić information content (AvgIpc) is 2.79. The van der Waals surface area contributed by atoms with Gasteiger partial charge in [0.15, 0.2) is 0 Å². The van der Waals surface area contributed by atoms with Crippen LogP contribution >= 0.6 is 11.6 Å². The van der Waals surface area contributed by atoms with E-state index in [9.17, 15) is 10.2 Å². The molecule has 3 saturated carbocycles. The van der Waals surface area contributed by atoms with Gasteiger partial charge in [-0.25, -0.2) is 0 Å². The summed E-state index contributed by atoms with van der Waals surface area (Å²) >= 11 is 6.51. The van der Waals surface area contributed by atoms with Crippen molar-refractivity contribution in [1.29, 1.82) is 0 Å². The summed E-state index contributed by atoms with van der Waals surface area (Å²) < 4.78 is 0. The van der Waals surface area contributed by atoms with Crippen LogP contribution in [0.2, 0.25) is 0 Å². The van der Waals surface area contributed by atoms with Crippen molar-refractivity contribution in [3.05, 3.63) is 10.6 Å². The summed E-state index contributed by atoms with van der Waals surface area (Å²) in [5.74, 6) is 2.12. The van der Waals surface area contributed by atoms with E-state index in [-0.39, 0.29) is 16.9 Å². The Kier molecular flexibility index (Phi) is 3.50. The van der Waals surface area contributed by atoms with Gasteiger partial charge >= 0.3 is 0 Å². The fourth-order valence-electron chi connectivity index (χ4n) is 6.77. The van der Waals surface area contributed by atoms with Gasteiger partial charge in [-0.3, -0.25) is 0 Å². The predicted molar refractivity (Wildman–Crippen MR) is 88.5 cm³/mol. The molecule has 4 aliphatic carbocycles. The lowest BCUT2D eigenvalue weighted by atomic mass is 9.47. The van der Waals surface area contributed by atoms with Gasteiger partial charge in [0.25, 0.3) is 0 Å². The Balaban J connectivity index is 1.70. The van der Waals surface area contributed by atoms with Crippen LogP contribution in [0.15, 0.2) is 10.6 Å². The van der Waals surface area contributed by atoms with E-state index >= 15 is 0 Å². The van der Waals surface area contributed by atoms with Crippen LogP contribution in [0.25, 0.3) is 0 Å². The number of hydrogen-bond acceptors (Lipinski definition) is 2. The minimum absolute atomic E-state index is 0.0973. The quantitative estimate of drug-likeness (QED) is 0.699. The molecule has 2 nitrogen and oxygen atoms in total. The zero-order valence-corrected chi connectivity index (χ0v) is 14.6. The maximum absolute atomic E-state index is 10.5. The standard InChI is InChI=1S/C19H29ClO2/c1-18-10-8-15(21)17(20)14(18)4-3-11-12-5-6-16(22)19(12,2)9-7-13(11)18/h11-13,15-16,21-22H,3-10H2,1-2H3/t11-,12-,13-,15?,16?,18+,19-/m0/s1. The highest BCUT2D eigenvalue weighted by molar-refractivity contribution is 6.30. The molecule has 0 aromatic heterocycles. The Bertz CT molecular complexity index is 516. The number of halogens is 1. The Morgan fingerprint density at radius 3 is 2.50 bits per heavy atom. The van der Waals surface area contributed by atoms with Crippen LogP contribution in [0, 0.1) is 28.6 Å². The molecule has 0 amide bonds. The van der Waals surface area contributed by atoms with Gasteiger partial charge in [-0.15, -0.1) is 0 Å². The fourth-order valence-corrected chi connectivity index (χ4v) is 7.19. The molecule has 0 bridgehead atoms. The predicted octanol–water partition coefficient (Wildman–Crippen LogP) is 4.24. The molecule has 0 aromatic carbocycles. The van der Waals surface area contributed by atoms with Crippen LogP contribution in [-0.4, -0.2) is 22.4 Å². The van der Waals surface area contributed by atoms with Crippen LogP contribution < -0.4 is 0 Å². The molecule has 22 heavy (non-hydrogen) atoms. The van der Waals surface area contributed by atoms with Crippen molar-refractivity contribution >= 4 is 11.6 Å². The SMILES string of the molecule is C[C@]12CCC(O)C(Cl)=C1CC[C@@H]1[C@@H]2CC[C@]2(C)C(O)CC[C@@H]12. The second kappa shape index (κ2) is 4.97. The lowest BCUT2D eigenvalue weighted by molar-refractivity contribution is -0.0765.